The highest BCUT2D eigenvalue weighted by atomic mass is 32.2. The summed E-state index contributed by atoms with van der Waals surface area (Å²) >= 11 is 0. The van der Waals surface area contributed by atoms with Crippen molar-refractivity contribution in [3.05, 3.63) is 0 Å². The molecule has 1 saturated heterocycles. The molecule has 5 heteroatoms. The molecule has 0 aliphatic carbocycles. The van der Waals surface area contributed by atoms with E-state index >= 15 is 0 Å². The third-order valence-corrected chi connectivity index (χ3v) is 4.54. The van der Waals surface area contributed by atoms with E-state index in [9.17, 15) is 8.42 Å². The monoisotopic (exact) mass is 262 g/mol. The van der Waals surface area contributed by atoms with Crippen LogP contribution in [-0.2, 0) is 10.0 Å². The maximum absolute atomic E-state index is 11.4. The second-order valence-electron chi connectivity index (χ2n) is 6.37. The zero-order valence-corrected chi connectivity index (χ0v) is 12.5. The van der Waals surface area contributed by atoms with Crippen molar-refractivity contribution in [2.45, 2.75) is 39.7 Å². The van der Waals surface area contributed by atoms with E-state index in [0.717, 1.165) is 19.4 Å². The van der Waals surface area contributed by atoms with Crippen LogP contribution in [0.4, 0.5) is 0 Å². The highest BCUT2D eigenvalue weighted by Gasteiger charge is 2.28. The number of hydrogen-bond acceptors (Lipinski definition) is 3. The van der Waals surface area contributed by atoms with Crippen LogP contribution >= 0.6 is 0 Å². The topological polar surface area (TPSA) is 40.6 Å². The van der Waals surface area contributed by atoms with Crippen LogP contribution in [0.2, 0.25) is 0 Å². The molecule has 0 saturated carbocycles. The molecule has 0 amide bonds. The molecule has 1 rings (SSSR count). The summed E-state index contributed by atoms with van der Waals surface area (Å²) in [6, 6.07) is 0.521. The fraction of sp³-hybridized carbons (Fsp3) is 1.00. The molecule has 0 bridgehead atoms. The molecule has 0 atom stereocenters. The van der Waals surface area contributed by atoms with Crippen molar-refractivity contribution in [1.29, 1.82) is 0 Å². The minimum Gasteiger partial charge on any atom is -0.303 e. The van der Waals surface area contributed by atoms with Crippen LogP contribution in [0.15, 0.2) is 0 Å². The summed E-state index contributed by atoms with van der Waals surface area (Å²) in [5.41, 5.74) is 0.294. The van der Waals surface area contributed by atoms with Crippen LogP contribution in [-0.4, -0.2) is 56.6 Å². The van der Waals surface area contributed by atoms with Crippen LogP contribution in [0.5, 0.6) is 0 Å². The lowest BCUT2D eigenvalue weighted by molar-refractivity contribution is 0.128. The van der Waals surface area contributed by atoms with E-state index in [4.69, 9.17) is 0 Å². The second kappa shape index (κ2) is 5.24. The summed E-state index contributed by atoms with van der Waals surface area (Å²) in [6.45, 7) is 9.08. The van der Waals surface area contributed by atoms with E-state index in [0.29, 0.717) is 24.5 Å². The minimum absolute atomic E-state index is 0.294. The van der Waals surface area contributed by atoms with Gasteiger partial charge in [-0.25, -0.2) is 12.7 Å². The first-order valence-corrected chi connectivity index (χ1v) is 8.10. The number of sulfonamides is 1. The smallest absolute Gasteiger partial charge is 0.211 e. The highest BCUT2D eigenvalue weighted by Crippen LogP contribution is 2.21. The first-order chi connectivity index (χ1) is 7.59. The van der Waals surface area contributed by atoms with Crippen molar-refractivity contribution in [1.82, 2.24) is 9.21 Å². The molecule has 0 radical (unpaired) electrons. The maximum atomic E-state index is 11.4. The predicted octanol–water partition coefficient (Wildman–Crippen LogP) is 1.39. The first kappa shape index (κ1) is 14.9. The quantitative estimate of drug-likeness (QED) is 0.772. The third kappa shape index (κ3) is 4.94. The van der Waals surface area contributed by atoms with E-state index in [2.05, 4.69) is 32.7 Å². The Kier molecular flexibility index (Phi) is 4.60. The number of nitrogens with zero attached hydrogens (tertiary/aromatic N) is 2. The van der Waals surface area contributed by atoms with Gasteiger partial charge in [0.1, 0.15) is 0 Å². The average Bonchev–Trinajstić information content (AvgIpc) is 2.14. The van der Waals surface area contributed by atoms with Crippen molar-refractivity contribution in [3.8, 4) is 0 Å². The molecule has 0 aromatic heterocycles. The third-order valence-electron chi connectivity index (χ3n) is 3.24. The van der Waals surface area contributed by atoms with Crippen molar-refractivity contribution in [2.75, 3.05) is 32.9 Å². The summed E-state index contributed by atoms with van der Waals surface area (Å²) in [7, 11) is -0.850. The van der Waals surface area contributed by atoms with Crippen molar-refractivity contribution in [3.63, 3.8) is 0 Å². The van der Waals surface area contributed by atoms with E-state index in [-0.39, 0.29) is 0 Å². The molecule has 0 aromatic rings. The van der Waals surface area contributed by atoms with Crippen LogP contribution in [0, 0.1) is 5.41 Å². The van der Waals surface area contributed by atoms with Crippen LogP contribution in [0.1, 0.15) is 33.6 Å². The van der Waals surface area contributed by atoms with Crippen molar-refractivity contribution in [2.24, 2.45) is 5.41 Å². The molecule has 17 heavy (non-hydrogen) atoms. The molecule has 102 valence electrons. The van der Waals surface area contributed by atoms with Gasteiger partial charge < -0.3 is 4.90 Å². The average molecular weight is 262 g/mol. The Morgan fingerprint density at radius 2 is 1.71 bits per heavy atom. The highest BCUT2D eigenvalue weighted by molar-refractivity contribution is 7.88. The molecule has 0 aromatic carbocycles. The van der Waals surface area contributed by atoms with E-state index < -0.39 is 10.0 Å². The van der Waals surface area contributed by atoms with Gasteiger partial charge in [0, 0.05) is 25.7 Å². The van der Waals surface area contributed by atoms with Crippen molar-refractivity contribution < 1.29 is 8.42 Å². The molecule has 0 unspecified atom stereocenters. The summed E-state index contributed by atoms with van der Waals surface area (Å²) < 4.78 is 24.4. The minimum atomic E-state index is -3.00. The fourth-order valence-electron chi connectivity index (χ4n) is 2.49. The standard InChI is InChI=1S/C12H26N2O2S/c1-12(2,3)10-13(4)11-6-8-14(9-7-11)17(5,15)16/h11H,6-10H2,1-5H3. The Bertz CT molecular complexity index is 338. The van der Waals surface area contributed by atoms with Gasteiger partial charge in [-0.3, -0.25) is 0 Å². The van der Waals surface area contributed by atoms with Crippen LogP contribution in [0.3, 0.4) is 0 Å². The summed E-state index contributed by atoms with van der Waals surface area (Å²) in [6.07, 6.45) is 3.19. The zero-order chi connectivity index (χ0) is 13.3. The molecule has 0 N–H and O–H groups in total. The number of hydrogen-bond donors (Lipinski definition) is 0. The molecule has 4 nitrogen and oxygen atoms in total. The second-order valence-corrected chi connectivity index (χ2v) is 8.35. The number of piperidine rings is 1. The largest absolute Gasteiger partial charge is 0.303 e. The van der Waals surface area contributed by atoms with Crippen molar-refractivity contribution >= 4 is 10.0 Å². The molecule has 1 heterocycles. The van der Waals surface area contributed by atoms with E-state index in [1.807, 2.05) is 0 Å². The SMILES string of the molecule is CN(CC(C)(C)C)C1CCN(S(C)(=O)=O)CC1. The maximum Gasteiger partial charge on any atom is 0.211 e. The lowest BCUT2D eigenvalue weighted by Crippen LogP contribution is -2.46. The van der Waals surface area contributed by atoms with Gasteiger partial charge in [-0.2, -0.15) is 0 Å². The Hall–Kier alpha value is -0.130. The predicted molar refractivity (Wildman–Crippen MR) is 71.5 cm³/mol. The first-order valence-electron chi connectivity index (χ1n) is 6.25. The van der Waals surface area contributed by atoms with E-state index in [1.54, 1.807) is 4.31 Å². The fourth-order valence-corrected chi connectivity index (χ4v) is 3.37. The molecule has 1 aliphatic rings. The zero-order valence-electron chi connectivity index (χ0n) is 11.7. The van der Waals surface area contributed by atoms with Gasteiger partial charge in [-0.1, -0.05) is 20.8 Å². The Balaban J connectivity index is 2.47. The molecule has 1 fully saturated rings. The molecule has 0 spiro atoms. The lowest BCUT2D eigenvalue weighted by atomic mass is 9.94. The Morgan fingerprint density at radius 1 is 1.24 bits per heavy atom. The lowest BCUT2D eigenvalue weighted by Gasteiger charge is -2.38. The Morgan fingerprint density at radius 3 is 2.06 bits per heavy atom. The molecule has 1 aliphatic heterocycles. The normalized spacial score (nSPS) is 21.1. The summed E-state index contributed by atoms with van der Waals surface area (Å²) in [4.78, 5) is 2.37. The van der Waals surface area contributed by atoms with Gasteiger partial charge >= 0.3 is 0 Å². The molecular weight excluding hydrogens is 236 g/mol. The van der Waals surface area contributed by atoms with Crippen LogP contribution in [0.25, 0.3) is 0 Å². The summed E-state index contributed by atoms with van der Waals surface area (Å²) in [5, 5.41) is 0. The molecular formula is C12H26N2O2S. The van der Waals surface area contributed by atoms with Gasteiger partial charge in [-0.05, 0) is 25.3 Å². The van der Waals surface area contributed by atoms with Gasteiger partial charge in [0.2, 0.25) is 10.0 Å². The Labute approximate surface area is 106 Å². The van der Waals surface area contributed by atoms with E-state index in [1.165, 1.54) is 6.26 Å². The van der Waals surface area contributed by atoms with Crippen LogP contribution < -0.4 is 0 Å². The van der Waals surface area contributed by atoms with Gasteiger partial charge in [0.05, 0.1) is 6.26 Å². The summed E-state index contributed by atoms with van der Waals surface area (Å²) in [5.74, 6) is 0. The van der Waals surface area contributed by atoms with Gasteiger partial charge in [-0.15, -0.1) is 0 Å². The van der Waals surface area contributed by atoms with Gasteiger partial charge in [0.15, 0.2) is 0 Å². The number of rotatable bonds is 3. The van der Waals surface area contributed by atoms with Gasteiger partial charge in [0.25, 0.3) is 0 Å².